The van der Waals surface area contributed by atoms with Crippen LogP contribution in [0.1, 0.15) is 5.76 Å². The van der Waals surface area contributed by atoms with E-state index in [0.717, 1.165) is 16.8 Å². The van der Waals surface area contributed by atoms with E-state index in [1.165, 1.54) is 6.07 Å². The number of thioether (sulfide) groups is 1. The summed E-state index contributed by atoms with van der Waals surface area (Å²) in [5.41, 5.74) is 2.82. The summed E-state index contributed by atoms with van der Waals surface area (Å²) in [5, 5.41) is 4.21. The van der Waals surface area contributed by atoms with E-state index in [0.29, 0.717) is 30.2 Å². The van der Waals surface area contributed by atoms with E-state index in [2.05, 4.69) is 10.7 Å². The number of rotatable bonds is 3. The summed E-state index contributed by atoms with van der Waals surface area (Å²) in [6, 6.07) is 7.48. The van der Waals surface area contributed by atoms with Gasteiger partial charge in [-0.1, -0.05) is 35.0 Å². The van der Waals surface area contributed by atoms with Crippen LogP contribution < -0.4 is 10.7 Å². The van der Waals surface area contributed by atoms with E-state index >= 15 is 0 Å². The minimum absolute atomic E-state index is 0.201. The molecule has 1 aliphatic rings. The van der Waals surface area contributed by atoms with E-state index in [4.69, 9.17) is 39.8 Å². The quantitative estimate of drug-likeness (QED) is 0.321. The zero-order valence-electron chi connectivity index (χ0n) is 12.6. The first-order chi connectivity index (χ1) is 12.3. The van der Waals surface area contributed by atoms with Crippen molar-refractivity contribution in [1.82, 2.24) is 10.4 Å². The zero-order chi connectivity index (χ0) is 18.8. The van der Waals surface area contributed by atoms with E-state index < -0.39 is 11.9 Å². The summed E-state index contributed by atoms with van der Waals surface area (Å²) in [7, 11) is 0. The van der Waals surface area contributed by atoms with Crippen molar-refractivity contribution in [2.75, 3.05) is 5.32 Å². The highest BCUT2D eigenvalue weighted by Crippen LogP contribution is 2.32. The molecular formula is C15H8Cl2IN3O3S2. The third kappa shape index (κ3) is 4.52. The second-order valence-corrected chi connectivity index (χ2v) is 8.41. The third-order valence-electron chi connectivity index (χ3n) is 3.05. The number of anilines is 1. The predicted molar refractivity (Wildman–Crippen MR) is 115 cm³/mol. The molecule has 0 aliphatic carbocycles. The molecule has 134 valence electrons. The molecule has 2 N–H and O–H groups in total. The molecule has 11 heteroatoms. The SMILES string of the molecule is O=C(Nc1ccc(Cl)c(Cl)c1)NN1C(=O)/C(=C/c2ccc(I)o2)SC1=S. The van der Waals surface area contributed by atoms with Gasteiger partial charge in [0.15, 0.2) is 8.09 Å². The number of thiocarbonyl (C=S) groups is 1. The van der Waals surface area contributed by atoms with Gasteiger partial charge >= 0.3 is 6.03 Å². The Hall–Kier alpha value is -1.27. The van der Waals surface area contributed by atoms with E-state index in [9.17, 15) is 9.59 Å². The van der Waals surface area contributed by atoms with Crippen molar-refractivity contribution < 1.29 is 14.0 Å². The van der Waals surface area contributed by atoms with Gasteiger partial charge in [0.1, 0.15) is 5.76 Å². The molecule has 0 radical (unpaired) electrons. The van der Waals surface area contributed by atoms with Crippen molar-refractivity contribution in [3.63, 3.8) is 0 Å². The summed E-state index contributed by atoms with van der Waals surface area (Å²) in [6.45, 7) is 0. The molecule has 26 heavy (non-hydrogen) atoms. The smallest absolute Gasteiger partial charge is 0.338 e. The van der Waals surface area contributed by atoms with Crippen molar-refractivity contribution in [2.45, 2.75) is 0 Å². The number of benzene rings is 1. The topological polar surface area (TPSA) is 74.6 Å². The number of nitrogens with one attached hydrogen (secondary N) is 2. The van der Waals surface area contributed by atoms with Crippen LogP contribution in [0, 0.1) is 3.77 Å². The predicted octanol–water partition coefficient (Wildman–Crippen LogP) is 5.13. The Balaban J connectivity index is 1.68. The molecule has 1 aromatic carbocycles. The van der Waals surface area contributed by atoms with Gasteiger partial charge in [-0.25, -0.2) is 10.2 Å². The molecule has 0 unspecified atom stereocenters. The zero-order valence-corrected chi connectivity index (χ0v) is 17.9. The second kappa shape index (κ2) is 8.17. The average molecular weight is 540 g/mol. The highest BCUT2D eigenvalue weighted by molar-refractivity contribution is 14.1. The van der Waals surface area contributed by atoms with Crippen LogP contribution in [0.15, 0.2) is 39.7 Å². The first kappa shape index (κ1) is 19.5. The molecule has 1 aliphatic heterocycles. The molecule has 1 saturated heterocycles. The number of hydrogen-bond donors (Lipinski definition) is 2. The van der Waals surface area contributed by atoms with Gasteiger partial charge in [0.05, 0.1) is 15.0 Å². The largest absolute Gasteiger partial charge is 0.451 e. The number of carbonyl (C=O) groups excluding carboxylic acids is 2. The van der Waals surface area contributed by atoms with Crippen LogP contribution in [-0.4, -0.2) is 21.3 Å². The van der Waals surface area contributed by atoms with Gasteiger partial charge in [-0.3, -0.25) is 4.79 Å². The number of hydrazine groups is 1. The van der Waals surface area contributed by atoms with Crippen LogP contribution in [0.4, 0.5) is 10.5 Å². The lowest BCUT2D eigenvalue weighted by molar-refractivity contribution is -0.123. The number of carbonyl (C=O) groups is 2. The molecule has 0 atom stereocenters. The lowest BCUT2D eigenvalue weighted by Gasteiger charge is -2.16. The van der Waals surface area contributed by atoms with Crippen LogP contribution in [0.3, 0.4) is 0 Å². The van der Waals surface area contributed by atoms with Crippen molar-refractivity contribution in [2.24, 2.45) is 0 Å². The van der Waals surface area contributed by atoms with Gasteiger partial charge < -0.3 is 9.73 Å². The molecule has 2 aromatic rings. The van der Waals surface area contributed by atoms with E-state index in [1.54, 1.807) is 30.3 Å². The Morgan fingerprint density at radius 1 is 1.27 bits per heavy atom. The molecule has 0 spiro atoms. The number of furan rings is 1. The minimum Gasteiger partial charge on any atom is -0.451 e. The number of urea groups is 1. The van der Waals surface area contributed by atoms with Gasteiger partial charge in [-0.2, -0.15) is 5.01 Å². The lowest BCUT2D eigenvalue weighted by Crippen LogP contribution is -2.46. The van der Waals surface area contributed by atoms with Crippen molar-refractivity contribution >= 4 is 97.8 Å². The standard InChI is InChI=1S/C15H8Cl2IN3O3S2/c16-9-3-1-7(5-10(9)17)19-14(23)20-21-13(22)11(26-15(21)25)6-8-2-4-12(18)24-8/h1-6H,(H2,19,20,23)/b11-6-. The summed E-state index contributed by atoms with van der Waals surface area (Å²) in [5.74, 6) is 0.0749. The van der Waals surface area contributed by atoms with Gasteiger partial charge in [0.25, 0.3) is 5.91 Å². The first-order valence-electron chi connectivity index (χ1n) is 6.89. The highest BCUT2D eigenvalue weighted by atomic mass is 127. The summed E-state index contributed by atoms with van der Waals surface area (Å²) in [4.78, 5) is 24.9. The van der Waals surface area contributed by atoms with Crippen molar-refractivity contribution in [3.05, 3.63) is 54.8 Å². The minimum atomic E-state index is -0.645. The number of halogens is 3. The van der Waals surface area contributed by atoms with Crippen LogP contribution in [-0.2, 0) is 4.79 Å². The van der Waals surface area contributed by atoms with Crippen molar-refractivity contribution in [1.29, 1.82) is 0 Å². The average Bonchev–Trinajstić information content (AvgIpc) is 3.09. The Morgan fingerprint density at radius 2 is 2.04 bits per heavy atom. The Labute approximate surface area is 181 Å². The molecular weight excluding hydrogens is 532 g/mol. The van der Waals surface area contributed by atoms with Crippen molar-refractivity contribution in [3.8, 4) is 0 Å². The fourth-order valence-electron chi connectivity index (χ4n) is 1.93. The molecule has 3 amide bonds. The van der Waals surface area contributed by atoms with Crippen LogP contribution >= 0.6 is 69.8 Å². The molecule has 0 saturated carbocycles. The van der Waals surface area contributed by atoms with Gasteiger partial charge in [-0.15, -0.1) is 0 Å². The molecule has 3 rings (SSSR count). The fourth-order valence-corrected chi connectivity index (χ4v) is 3.83. The summed E-state index contributed by atoms with van der Waals surface area (Å²) in [6.07, 6.45) is 1.57. The van der Waals surface area contributed by atoms with Crippen LogP contribution in [0.5, 0.6) is 0 Å². The molecule has 2 heterocycles. The molecule has 1 fully saturated rings. The lowest BCUT2D eigenvalue weighted by atomic mass is 10.3. The fraction of sp³-hybridized carbons (Fsp3) is 0. The number of amides is 3. The van der Waals surface area contributed by atoms with Crippen LogP contribution in [0.2, 0.25) is 10.0 Å². The summed E-state index contributed by atoms with van der Waals surface area (Å²) >= 11 is 20.0. The van der Waals surface area contributed by atoms with Gasteiger partial charge in [-0.05, 0) is 65.1 Å². The maximum Gasteiger partial charge on any atom is 0.338 e. The maximum atomic E-state index is 12.4. The first-order valence-corrected chi connectivity index (χ1v) is 9.95. The van der Waals surface area contributed by atoms with E-state index in [-0.39, 0.29) is 4.32 Å². The van der Waals surface area contributed by atoms with Crippen LogP contribution in [0.25, 0.3) is 6.08 Å². The Bertz CT molecular complexity index is 948. The third-order valence-corrected chi connectivity index (χ3v) is 5.67. The molecule has 1 aromatic heterocycles. The highest BCUT2D eigenvalue weighted by Gasteiger charge is 2.34. The number of hydrogen-bond acceptors (Lipinski definition) is 5. The van der Waals surface area contributed by atoms with Gasteiger partial charge in [0, 0.05) is 11.8 Å². The Kier molecular flexibility index (Phi) is 6.13. The number of nitrogens with zero attached hydrogens (tertiary/aromatic N) is 1. The Morgan fingerprint density at radius 3 is 2.69 bits per heavy atom. The summed E-state index contributed by atoms with van der Waals surface area (Å²) < 4.78 is 6.30. The maximum absolute atomic E-state index is 12.4. The second-order valence-electron chi connectivity index (χ2n) is 4.85. The monoisotopic (exact) mass is 539 g/mol. The van der Waals surface area contributed by atoms with E-state index in [1.807, 2.05) is 22.6 Å². The normalized spacial score (nSPS) is 15.7. The van der Waals surface area contributed by atoms with Gasteiger partial charge in [0.2, 0.25) is 0 Å². The molecule has 6 nitrogen and oxygen atoms in total. The molecule has 0 bridgehead atoms.